The fourth-order valence-electron chi connectivity index (χ4n) is 1.81. The fourth-order valence-corrected chi connectivity index (χ4v) is 2.16. The van der Waals surface area contributed by atoms with Gasteiger partial charge < -0.3 is 10.0 Å². The number of carboxylic acid groups (broad SMARTS) is 1. The average molecular weight is 282 g/mol. The smallest absolute Gasteiger partial charge is 0.337 e. The minimum absolute atomic E-state index is 0.360. The molecule has 4 heteroatoms. The summed E-state index contributed by atoms with van der Waals surface area (Å²) in [5.74, 6) is -0.878. The van der Waals surface area contributed by atoms with Crippen molar-refractivity contribution in [3.05, 3.63) is 40.4 Å². The predicted molar refractivity (Wildman–Crippen MR) is 67.1 cm³/mol. The molecule has 0 fully saturated rings. The lowest BCUT2D eigenvalue weighted by Crippen LogP contribution is -2.28. The molecule has 0 bridgehead atoms. The minimum Gasteiger partial charge on any atom is -0.478 e. The van der Waals surface area contributed by atoms with Crippen LogP contribution < -0.4 is 4.90 Å². The maximum Gasteiger partial charge on any atom is 0.337 e. The predicted octanol–water partition coefficient (Wildman–Crippen LogP) is 2.91. The van der Waals surface area contributed by atoms with Crippen LogP contribution in [0, 0.1) is 0 Å². The second-order valence-corrected chi connectivity index (χ2v) is 4.59. The summed E-state index contributed by atoms with van der Waals surface area (Å²) in [5, 5.41) is 9.13. The Morgan fingerprint density at radius 2 is 2.19 bits per heavy atom. The van der Waals surface area contributed by atoms with Crippen molar-refractivity contribution in [2.45, 2.75) is 6.42 Å². The highest BCUT2D eigenvalue weighted by Gasteiger charge is 2.16. The SMILES string of the molecule is O=C(O)c1ccc(Br)cc1N1CC=CCC1. The van der Waals surface area contributed by atoms with Crippen LogP contribution in [-0.4, -0.2) is 24.2 Å². The third kappa shape index (κ3) is 2.27. The number of benzene rings is 1. The van der Waals surface area contributed by atoms with E-state index in [1.807, 2.05) is 6.07 Å². The van der Waals surface area contributed by atoms with Crippen molar-refractivity contribution >= 4 is 27.6 Å². The molecule has 0 spiro atoms. The molecular formula is C12H12BrNO2. The molecule has 1 aromatic carbocycles. The molecule has 3 nitrogen and oxygen atoms in total. The number of halogens is 1. The van der Waals surface area contributed by atoms with Crippen molar-refractivity contribution < 1.29 is 9.90 Å². The highest BCUT2D eigenvalue weighted by molar-refractivity contribution is 9.10. The molecule has 84 valence electrons. The molecule has 1 aromatic rings. The van der Waals surface area contributed by atoms with Crippen LogP contribution >= 0.6 is 15.9 Å². The van der Waals surface area contributed by atoms with Gasteiger partial charge in [0.1, 0.15) is 0 Å². The molecule has 0 aliphatic carbocycles. The summed E-state index contributed by atoms with van der Waals surface area (Å²) in [6, 6.07) is 5.26. The maximum absolute atomic E-state index is 11.1. The normalized spacial score (nSPS) is 15.2. The van der Waals surface area contributed by atoms with E-state index in [1.54, 1.807) is 12.1 Å². The van der Waals surface area contributed by atoms with Crippen LogP contribution in [0.1, 0.15) is 16.8 Å². The Hall–Kier alpha value is -1.29. The van der Waals surface area contributed by atoms with Crippen molar-refractivity contribution in [1.82, 2.24) is 0 Å². The Morgan fingerprint density at radius 1 is 1.38 bits per heavy atom. The third-order valence-electron chi connectivity index (χ3n) is 2.59. The van der Waals surface area contributed by atoms with Crippen molar-refractivity contribution in [3.63, 3.8) is 0 Å². The molecule has 0 saturated heterocycles. The van der Waals surface area contributed by atoms with E-state index in [4.69, 9.17) is 5.11 Å². The molecule has 0 unspecified atom stereocenters. The average Bonchev–Trinajstić information content (AvgIpc) is 2.29. The van der Waals surface area contributed by atoms with Gasteiger partial charge in [-0.1, -0.05) is 28.1 Å². The Balaban J connectivity index is 2.40. The first kappa shape index (κ1) is 11.2. The quantitative estimate of drug-likeness (QED) is 0.848. The van der Waals surface area contributed by atoms with Gasteiger partial charge in [0, 0.05) is 17.6 Å². The van der Waals surface area contributed by atoms with E-state index < -0.39 is 5.97 Å². The van der Waals surface area contributed by atoms with Crippen molar-refractivity contribution in [1.29, 1.82) is 0 Å². The number of hydrogen-bond acceptors (Lipinski definition) is 2. The summed E-state index contributed by atoms with van der Waals surface area (Å²) in [6.45, 7) is 1.64. The minimum atomic E-state index is -0.878. The molecule has 1 heterocycles. The number of hydrogen-bond donors (Lipinski definition) is 1. The zero-order chi connectivity index (χ0) is 11.5. The first-order valence-electron chi connectivity index (χ1n) is 5.11. The molecular weight excluding hydrogens is 270 g/mol. The second kappa shape index (κ2) is 4.70. The molecule has 0 atom stereocenters. The molecule has 0 saturated carbocycles. The van der Waals surface area contributed by atoms with Crippen molar-refractivity contribution in [2.24, 2.45) is 0 Å². The Kier molecular flexibility index (Phi) is 3.29. The largest absolute Gasteiger partial charge is 0.478 e. The standard InChI is InChI=1S/C12H12BrNO2/c13-9-4-5-10(12(15)16)11(8-9)14-6-2-1-3-7-14/h1-2,4-5,8H,3,6-7H2,(H,15,16). The Bertz CT molecular complexity index is 443. The summed E-state index contributed by atoms with van der Waals surface area (Å²) in [5.41, 5.74) is 1.14. The number of rotatable bonds is 2. The summed E-state index contributed by atoms with van der Waals surface area (Å²) >= 11 is 3.37. The van der Waals surface area contributed by atoms with Gasteiger partial charge in [-0.15, -0.1) is 0 Å². The van der Waals surface area contributed by atoms with Gasteiger partial charge in [0.15, 0.2) is 0 Å². The lowest BCUT2D eigenvalue weighted by molar-refractivity contribution is 0.0697. The molecule has 0 aromatic heterocycles. The van der Waals surface area contributed by atoms with E-state index in [-0.39, 0.29) is 0 Å². The number of anilines is 1. The van der Waals surface area contributed by atoms with Crippen molar-refractivity contribution in [2.75, 3.05) is 18.0 Å². The monoisotopic (exact) mass is 281 g/mol. The summed E-state index contributed by atoms with van der Waals surface area (Å²) < 4.78 is 0.905. The van der Waals surface area contributed by atoms with E-state index in [1.165, 1.54) is 0 Å². The summed E-state index contributed by atoms with van der Waals surface area (Å²) in [6.07, 6.45) is 5.15. The molecule has 1 aliphatic heterocycles. The highest BCUT2D eigenvalue weighted by atomic mass is 79.9. The summed E-state index contributed by atoms with van der Waals surface area (Å²) in [4.78, 5) is 13.2. The number of carbonyl (C=O) groups is 1. The van der Waals surface area contributed by atoms with E-state index in [2.05, 4.69) is 33.0 Å². The van der Waals surface area contributed by atoms with E-state index in [0.29, 0.717) is 5.56 Å². The van der Waals surface area contributed by atoms with E-state index >= 15 is 0 Å². The van der Waals surface area contributed by atoms with Gasteiger partial charge in [-0.3, -0.25) is 0 Å². The van der Waals surface area contributed by atoms with Crippen LogP contribution in [0.5, 0.6) is 0 Å². The fraction of sp³-hybridized carbons (Fsp3) is 0.250. The molecule has 16 heavy (non-hydrogen) atoms. The van der Waals surface area contributed by atoms with Gasteiger partial charge in [-0.25, -0.2) is 4.79 Å². The molecule has 0 amide bonds. The van der Waals surface area contributed by atoms with Gasteiger partial charge in [-0.05, 0) is 24.6 Å². The molecule has 1 N–H and O–H groups in total. The highest BCUT2D eigenvalue weighted by Crippen LogP contribution is 2.26. The van der Waals surface area contributed by atoms with Crippen LogP contribution in [0.15, 0.2) is 34.8 Å². The van der Waals surface area contributed by atoms with Crippen molar-refractivity contribution in [3.8, 4) is 0 Å². The Morgan fingerprint density at radius 3 is 2.81 bits per heavy atom. The van der Waals surface area contributed by atoms with Crippen LogP contribution in [-0.2, 0) is 0 Å². The lowest BCUT2D eigenvalue weighted by Gasteiger charge is -2.27. The van der Waals surface area contributed by atoms with Gasteiger partial charge in [0.05, 0.1) is 11.3 Å². The summed E-state index contributed by atoms with van der Waals surface area (Å²) in [7, 11) is 0. The molecule has 1 aliphatic rings. The van der Waals surface area contributed by atoms with Crippen LogP contribution in [0.25, 0.3) is 0 Å². The van der Waals surface area contributed by atoms with Gasteiger partial charge in [0.2, 0.25) is 0 Å². The Labute approximate surface area is 103 Å². The van der Waals surface area contributed by atoms with Gasteiger partial charge in [-0.2, -0.15) is 0 Å². The maximum atomic E-state index is 11.1. The first-order valence-corrected chi connectivity index (χ1v) is 5.90. The molecule has 0 radical (unpaired) electrons. The second-order valence-electron chi connectivity index (χ2n) is 3.67. The number of aromatic carboxylic acids is 1. The first-order chi connectivity index (χ1) is 7.68. The third-order valence-corrected chi connectivity index (χ3v) is 3.08. The zero-order valence-electron chi connectivity index (χ0n) is 8.69. The van der Waals surface area contributed by atoms with Gasteiger partial charge in [0.25, 0.3) is 0 Å². The van der Waals surface area contributed by atoms with Crippen LogP contribution in [0.4, 0.5) is 5.69 Å². The zero-order valence-corrected chi connectivity index (χ0v) is 10.3. The lowest BCUT2D eigenvalue weighted by atomic mass is 10.1. The van der Waals surface area contributed by atoms with Crippen LogP contribution in [0.3, 0.4) is 0 Å². The number of nitrogens with zero attached hydrogens (tertiary/aromatic N) is 1. The molecule has 2 rings (SSSR count). The van der Waals surface area contributed by atoms with E-state index in [9.17, 15) is 4.79 Å². The topological polar surface area (TPSA) is 40.5 Å². The van der Waals surface area contributed by atoms with Gasteiger partial charge >= 0.3 is 5.97 Å². The van der Waals surface area contributed by atoms with Crippen LogP contribution in [0.2, 0.25) is 0 Å². The number of carboxylic acids is 1. The van der Waals surface area contributed by atoms with E-state index in [0.717, 1.165) is 29.7 Å².